The van der Waals surface area contributed by atoms with Crippen molar-refractivity contribution in [1.29, 1.82) is 5.26 Å². The zero-order chi connectivity index (χ0) is 16.1. The maximum Gasteiger partial charge on any atom is 0.263 e. The molecule has 1 saturated carbocycles. The molecule has 0 saturated heterocycles. The van der Waals surface area contributed by atoms with Crippen LogP contribution in [0, 0.1) is 11.3 Å². The van der Waals surface area contributed by atoms with Gasteiger partial charge in [-0.05, 0) is 24.3 Å². The Morgan fingerprint density at radius 2 is 1.87 bits per heavy atom. The second-order valence-electron chi connectivity index (χ2n) is 5.80. The van der Waals surface area contributed by atoms with Crippen molar-refractivity contribution in [2.24, 2.45) is 0 Å². The zero-order valence-electron chi connectivity index (χ0n) is 12.9. The van der Waals surface area contributed by atoms with Gasteiger partial charge < -0.3 is 10.6 Å². The van der Waals surface area contributed by atoms with Crippen LogP contribution in [-0.2, 0) is 4.79 Å². The van der Waals surface area contributed by atoms with Crippen LogP contribution in [0.3, 0.4) is 0 Å². The molecule has 2 N–H and O–H groups in total. The van der Waals surface area contributed by atoms with Crippen molar-refractivity contribution in [3.8, 4) is 6.07 Å². The third kappa shape index (κ3) is 3.51. The smallest absolute Gasteiger partial charge is 0.263 e. The maximum atomic E-state index is 12.2. The summed E-state index contributed by atoms with van der Waals surface area (Å²) in [7, 11) is 0. The molecule has 4 heteroatoms. The highest BCUT2D eigenvalue weighted by atomic mass is 16.1. The first-order valence-corrected chi connectivity index (χ1v) is 7.93. The first-order valence-electron chi connectivity index (χ1n) is 7.93. The molecule has 1 aliphatic carbocycles. The Hall–Kier alpha value is -2.80. The first kappa shape index (κ1) is 15.1. The van der Waals surface area contributed by atoms with Crippen molar-refractivity contribution in [2.45, 2.75) is 31.7 Å². The van der Waals surface area contributed by atoms with E-state index >= 15 is 0 Å². The van der Waals surface area contributed by atoms with Gasteiger partial charge in [-0.2, -0.15) is 5.26 Å². The van der Waals surface area contributed by atoms with Gasteiger partial charge in [0, 0.05) is 23.3 Å². The van der Waals surface area contributed by atoms with Crippen molar-refractivity contribution in [1.82, 2.24) is 5.32 Å². The summed E-state index contributed by atoms with van der Waals surface area (Å²) in [6.45, 7) is 0. The SMILES string of the molecule is N#C/C(=C/Nc1cccc2ccccc12)C(=O)NC1CCCC1. The van der Waals surface area contributed by atoms with E-state index in [2.05, 4.69) is 10.6 Å². The first-order chi connectivity index (χ1) is 11.3. The average Bonchev–Trinajstić information content (AvgIpc) is 3.08. The summed E-state index contributed by atoms with van der Waals surface area (Å²) in [6, 6.07) is 16.1. The summed E-state index contributed by atoms with van der Waals surface area (Å²) in [4.78, 5) is 12.2. The van der Waals surface area contributed by atoms with Crippen LogP contribution in [0.4, 0.5) is 5.69 Å². The lowest BCUT2D eigenvalue weighted by atomic mass is 10.1. The van der Waals surface area contributed by atoms with Gasteiger partial charge in [-0.15, -0.1) is 0 Å². The van der Waals surface area contributed by atoms with Crippen LogP contribution in [-0.4, -0.2) is 11.9 Å². The standard InChI is InChI=1S/C19H19N3O/c20-12-15(19(23)22-16-8-2-3-9-16)13-21-18-11-5-7-14-6-1-4-10-17(14)18/h1,4-7,10-11,13,16,21H,2-3,8-9H2,(H,22,23)/b15-13-. The van der Waals surface area contributed by atoms with E-state index in [-0.39, 0.29) is 17.5 Å². The van der Waals surface area contributed by atoms with Crippen molar-refractivity contribution in [3.05, 3.63) is 54.2 Å². The molecular formula is C19H19N3O. The number of nitrogens with zero attached hydrogens (tertiary/aromatic N) is 1. The Bertz CT molecular complexity index is 777. The summed E-state index contributed by atoms with van der Waals surface area (Å²) in [6.07, 6.45) is 5.78. The van der Waals surface area contributed by atoms with Gasteiger partial charge in [0.15, 0.2) is 0 Å². The molecule has 1 aliphatic rings. The lowest BCUT2D eigenvalue weighted by Crippen LogP contribution is -2.33. The minimum atomic E-state index is -0.299. The van der Waals surface area contributed by atoms with E-state index in [4.69, 9.17) is 0 Å². The number of hydrogen-bond acceptors (Lipinski definition) is 3. The third-order valence-electron chi connectivity index (χ3n) is 4.22. The van der Waals surface area contributed by atoms with Crippen LogP contribution in [0.5, 0.6) is 0 Å². The number of nitrogens with one attached hydrogen (secondary N) is 2. The number of anilines is 1. The van der Waals surface area contributed by atoms with E-state index in [0.717, 1.165) is 42.1 Å². The fourth-order valence-corrected chi connectivity index (χ4v) is 2.98. The monoisotopic (exact) mass is 305 g/mol. The Kier molecular flexibility index (Phi) is 4.58. The summed E-state index contributed by atoms with van der Waals surface area (Å²) in [5, 5.41) is 17.4. The van der Waals surface area contributed by atoms with Gasteiger partial charge in [0.05, 0.1) is 0 Å². The molecule has 0 aliphatic heterocycles. The van der Waals surface area contributed by atoms with Crippen LogP contribution < -0.4 is 10.6 Å². The second-order valence-corrected chi connectivity index (χ2v) is 5.80. The molecule has 0 radical (unpaired) electrons. The Morgan fingerprint density at radius 3 is 2.65 bits per heavy atom. The van der Waals surface area contributed by atoms with Gasteiger partial charge >= 0.3 is 0 Å². The highest BCUT2D eigenvalue weighted by Crippen LogP contribution is 2.23. The number of hydrogen-bond donors (Lipinski definition) is 2. The van der Waals surface area contributed by atoms with Crippen molar-refractivity contribution in [3.63, 3.8) is 0 Å². The van der Waals surface area contributed by atoms with Crippen molar-refractivity contribution < 1.29 is 4.79 Å². The number of carbonyl (C=O) groups excluding carboxylic acids is 1. The summed E-state index contributed by atoms with van der Waals surface area (Å²) >= 11 is 0. The van der Waals surface area contributed by atoms with E-state index in [1.165, 1.54) is 6.20 Å². The van der Waals surface area contributed by atoms with Gasteiger partial charge in [0.1, 0.15) is 11.6 Å². The molecule has 0 unspecified atom stereocenters. The predicted molar refractivity (Wildman–Crippen MR) is 91.7 cm³/mol. The topological polar surface area (TPSA) is 64.9 Å². The second kappa shape index (κ2) is 6.97. The molecule has 1 amide bonds. The molecule has 23 heavy (non-hydrogen) atoms. The molecule has 4 nitrogen and oxygen atoms in total. The summed E-state index contributed by atoms with van der Waals surface area (Å²) in [5.74, 6) is -0.299. The van der Waals surface area contributed by atoms with Gasteiger partial charge in [-0.3, -0.25) is 4.79 Å². The predicted octanol–water partition coefficient (Wildman–Crippen LogP) is 3.72. The Balaban J connectivity index is 1.76. The molecule has 116 valence electrons. The fraction of sp³-hybridized carbons (Fsp3) is 0.263. The molecular weight excluding hydrogens is 286 g/mol. The van der Waals surface area contributed by atoms with Crippen molar-refractivity contribution in [2.75, 3.05) is 5.32 Å². The quantitative estimate of drug-likeness (QED) is 0.668. The highest BCUT2D eigenvalue weighted by molar-refractivity contribution is 5.99. The minimum Gasteiger partial charge on any atom is -0.360 e. The third-order valence-corrected chi connectivity index (χ3v) is 4.22. The number of rotatable bonds is 4. The number of fused-ring (bicyclic) bond motifs is 1. The van der Waals surface area contributed by atoms with Crippen molar-refractivity contribution >= 4 is 22.4 Å². The van der Waals surface area contributed by atoms with Gasteiger partial charge in [0.2, 0.25) is 0 Å². The van der Waals surface area contributed by atoms with Crippen LogP contribution in [0.1, 0.15) is 25.7 Å². The van der Waals surface area contributed by atoms with E-state index in [1.807, 2.05) is 48.5 Å². The van der Waals surface area contributed by atoms with Gasteiger partial charge in [-0.1, -0.05) is 49.2 Å². The number of carbonyl (C=O) groups is 1. The Labute approximate surface area is 135 Å². The lowest BCUT2D eigenvalue weighted by molar-refractivity contribution is -0.117. The molecule has 0 bridgehead atoms. The van der Waals surface area contributed by atoms with Crippen LogP contribution in [0.15, 0.2) is 54.2 Å². The minimum absolute atomic E-state index is 0.102. The maximum absolute atomic E-state index is 12.2. The molecule has 3 rings (SSSR count). The van der Waals surface area contributed by atoms with Gasteiger partial charge in [-0.25, -0.2) is 0 Å². The highest BCUT2D eigenvalue weighted by Gasteiger charge is 2.19. The fourth-order valence-electron chi connectivity index (χ4n) is 2.98. The normalized spacial score (nSPS) is 15.3. The van der Waals surface area contributed by atoms with E-state index in [0.29, 0.717) is 0 Å². The molecule has 0 spiro atoms. The van der Waals surface area contributed by atoms with Crippen LogP contribution in [0.25, 0.3) is 10.8 Å². The summed E-state index contributed by atoms with van der Waals surface area (Å²) < 4.78 is 0. The molecule has 2 aromatic carbocycles. The molecule has 1 fully saturated rings. The Morgan fingerprint density at radius 1 is 1.13 bits per heavy atom. The van der Waals surface area contributed by atoms with E-state index in [1.54, 1.807) is 0 Å². The molecule has 2 aromatic rings. The number of amides is 1. The number of benzene rings is 2. The molecule has 0 heterocycles. The summed E-state index contributed by atoms with van der Waals surface area (Å²) in [5.41, 5.74) is 0.981. The zero-order valence-corrected chi connectivity index (χ0v) is 12.9. The molecule has 0 aromatic heterocycles. The van der Waals surface area contributed by atoms with Crippen LogP contribution >= 0.6 is 0 Å². The lowest BCUT2D eigenvalue weighted by Gasteiger charge is -2.11. The van der Waals surface area contributed by atoms with E-state index in [9.17, 15) is 10.1 Å². The largest absolute Gasteiger partial charge is 0.360 e. The molecule has 0 atom stereocenters. The number of nitriles is 1. The van der Waals surface area contributed by atoms with Crippen LogP contribution in [0.2, 0.25) is 0 Å². The average molecular weight is 305 g/mol. The van der Waals surface area contributed by atoms with Gasteiger partial charge in [0.25, 0.3) is 5.91 Å². The van der Waals surface area contributed by atoms with E-state index < -0.39 is 0 Å².